The van der Waals surface area contributed by atoms with Crippen LogP contribution in [0.4, 0.5) is 0 Å². The summed E-state index contributed by atoms with van der Waals surface area (Å²) in [5.74, 6) is -0.282. The highest BCUT2D eigenvalue weighted by Crippen LogP contribution is 2.22. The van der Waals surface area contributed by atoms with E-state index in [2.05, 4.69) is 5.32 Å². The Bertz CT molecular complexity index is 229. The first kappa shape index (κ1) is 13.5. The smallest absolute Gasteiger partial charge is 0.237 e. The van der Waals surface area contributed by atoms with Gasteiger partial charge in [-0.2, -0.15) is 0 Å². The third-order valence-corrected chi connectivity index (χ3v) is 3.57. The van der Waals surface area contributed by atoms with Crippen LogP contribution in [-0.4, -0.2) is 31.2 Å². The molecule has 0 aromatic carbocycles. The summed E-state index contributed by atoms with van der Waals surface area (Å²) in [6.07, 6.45) is 6.99. The van der Waals surface area contributed by atoms with Crippen molar-refractivity contribution < 1.29 is 9.53 Å². The van der Waals surface area contributed by atoms with Gasteiger partial charge in [0.15, 0.2) is 0 Å². The van der Waals surface area contributed by atoms with Gasteiger partial charge >= 0.3 is 0 Å². The highest BCUT2D eigenvalue weighted by Gasteiger charge is 2.28. The van der Waals surface area contributed by atoms with Crippen molar-refractivity contribution in [3.63, 3.8) is 0 Å². The van der Waals surface area contributed by atoms with Gasteiger partial charge in [-0.25, -0.2) is 0 Å². The Morgan fingerprint density at radius 1 is 1.50 bits per heavy atom. The van der Waals surface area contributed by atoms with Gasteiger partial charge in [0.25, 0.3) is 0 Å². The number of carbonyl (C=O) groups excluding carboxylic acids is 1. The minimum Gasteiger partial charge on any atom is -0.378 e. The third kappa shape index (κ3) is 3.76. The van der Waals surface area contributed by atoms with Gasteiger partial charge in [-0.1, -0.05) is 0 Å². The number of unbranched alkanes of at least 4 members (excludes halogenated alkanes) is 1. The second-order valence-electron chi connectivity index (χ2n) is 4.83. The Morgan fingerprint density at radius 2 is 2.19 bits per heavy atom. The van der Waals surface area contributed by atoms with E-state index in [9.17, 15) is 4.79 Å². The fourth-order valence-corrected chi connectivity index (χ4v) is 1.74. The number of rotatable bonds is 8. The molecule has 0 bridgehead atoms. The van der Waals surface area contributed by atoms with Crippen molar-refractivity contribution in [3.8, 4) is 0 Å². The zero-order valence-corrected chi connectivity index (χ0v) is 10.4. The fourth-order valence-electron chi connectivity index (χ4n) is 1.74. The van der Waals surface area contributed by atoms with Crippen LogP contribution < -0.4 is 11.1 Å². The van der Waals surface area contributed by atoms with E-state index < -0.39 is 5.54 Å². The molecule has 3 N–H and O–H groups in total. The molecule has 1 saturated carbocycles. The highest BCUT2D eigenvalue weighted by molar-refractivity contribution is 5.84. The molecular weight excluding hydrogens is 204 g/mol. The first-order chi connectivity index (χ1) is 7.58. The molecule has 1 fully saturated rings. The Labute approximate surface area is 97.9 Å². The first-order valence-corrected chi connectivity index (χ1v) is 6.19. The minimum atomic E-state index is -0.573. The summed E-state index contributed by atoms with van der Waals surface area (Å²) in [5.41, 5.74) is 4.77. The van der Waals surface area contributed by atoms with E-state index in [1.54, 1.807) is 7.05 Å². The highest BCUT2D eigenvalue weighted by atomic mass is 16.5. The Kier molecular flexibility index (Phi) is 5.22. The molecule has 4 heteroatoms. The molecule has 0 aromatic heterocycles. The molecule has 0 heterocycles. The van der Waals surface area contributed by atoms with E-state index in [-0.39, 0.29) is 5.91 Å². The topological polar surface area (TPSA) is 64.3 Å². The van der Waals surface area contributed by atoms with Gasteiger partial charge < -0.3 is 15.8 Å². The van der Waals surface area contributed by atoms with Crippen LogP contribution >= 0.6 is 0 Å². The summed E-state index contributed by atoms with van der Waals surface area (Å²) in [6, 6.07) is 0. The number of likely N-dealkylation sites (N-methyl/N-ethyl adjacent to an activating group) is 1. The van der Waals surface area contributed by atoms with Crippen molar-refractivity contribution >= 4 is 5.91 Å². The van der Waals surface area contributed by atoms with Crippen molar-refractivity contribution in [1.29, 1.82) is 0 Å². The maximum Gasteiger partial charge on any atom is 0.237 e. The predicted octanol–water partition coefficient (Wildman–Crippen LogP) is 1.19. The molecule has 1 aliphatic carbocycles. The monoisotopic (exact) mass is 228 g/mol. The fraction of sp³-hybridized carbons (Fsp3) is 0.917. The van der Waals surface area contributed by atoms with E-state index in [0.717, 1.165) is 25.9 Å². The van der Waals surface area contributed by atoms with Gasteiger partial charge in [-0.3, -0.25) is 4.79 Å². The first-order valence-electron chi connectivity index (χ1n) is 6.19. The second-order valence-corrected chi connectivity index (χ2v) is 4.83. The van der Waals surface area contributed by atoms with Crippen molar-refractivity contribution in [3.05, 3.63) is 0 Å². The van der Waals surface area contributed by atoms with Crippen LogP contribution in [0.15, 0.2) is 0 Å². The molecule has 1 amide bonds. The number of ether oxygens (including phenoxy) is 1. The Morgan fingerprint density at radius 3 is 2.62 bits per heavy atom. The molecule has 1 unspecified atom stereocenters. The van der Waals surface area contributed by atoms with Crippen LogP contribution in [0.2, 0.25) is 0 Å². The van der Waals surface area contributed by atoms with Crippen LogP contribution in [-0.2, 0) is 9.53 Å². The molecule has 0 spiro atoms. The number of nitrogens with one attached hydrogen (secondary N) is 1. The molecule has 0 saturated heterocycles. The average molecular weight is 228 g/mol. The lowest BCUT2D eigenvalue weighted by Gasteiger charge is -2.27. The van der Waals surface area contributed by atoms with Crippen LogP contribution in [0.3, 0.4) is 0 Å². The maximum atomic E-state index is 11.2. The van der Waals surface area contributed by atoms with Gasteiger partial charge in [0.05, 0.1) is 11.6 Å². The zero-order valence-electron chi connectivity index (χ0n) is 10.4. The second kappa shape index (κ2) is 6.21. The lowest BCUT2D eigenvalue weighted by atomic mass is 9.94. The van der Waals surface area contributed by atoms with E-state index in [4.69, 9.17) is 10.5 Å². The van der Waals surface area contributed by atoms with Gasteiger partial charge in [0.2, 0.25) is 5.91 Å². The van der Waals surface area contributed by atoms with Crippen LogP contribution in [0.1, 0.15) is 45.4 Å². The third-order valence-electron chi connectivity index (χ3n) is 3.57. The Balaban J connectivity index is 2.06. The molecule has 1 atom stereocenters. The molecule has 0 aliphatic heterocycles. The maximum absolute atomic E-state index is 11.2. The molecule has 0 aromatic rings. The van der Waals surface area contributed by atoms with E-state index in [1.807, 2.05) is 6.92 Å². The average Bonchev–Trinajstić information content (AvgIpc) is 2.19. The van der Waals surface area contributed by atoms with E-state index >= 15 is 0 Å². The number of hydrogen-bond donors (Lipinski definition) is 2. The largest absolute Gasteiger partial charge is 0.378 e. The number of carbonyl (C=O) groups is 1. The Hall–Kier alpha value is -0.610. The summed E-state index contributed by atoms with van der Waals surface area (Å²) in [7, 11) is 1.77. The lowest BCUT2D eigenvalue weighted by Crippen LogP contribution is -2.51. The number of nitrogens with two attached hydrogens (primary N) is 1. The van der Waals surface area contributed by atoms with E-state index in [1.165, 1.54) is 19.3 Å². The molecular formula is C12H24N2O2. The molecule has 16 heavy (non-hydrogen) atoms. The summed E-state index contributed by atoms with van der Waals surface area (Å²) >= 11 is 0. The van der Waals surface area contributed by atoms with Crippen LogP contribution in [0.25, 0.3) is 0 Å². The van der Waals surface area contributed by atoms with Crippen molar-refractivity contribution in [2.45, 2.75) is 57.1 Å². The minimum absolute atomic E-state index is 0.282. The summed E-state index contributed by atoms with van der Waals surface area (Å²) in [5, 5.41) is 2.98. The van der Waals surface area contributed by atoms with Gasteiger partial charge in [0.1, 0.15) is 0 Å². The number of hydrogen-bond acceptors (Lipinski definition) is 3. The standard InChI is InChI=1S/C12H24N2O2/c1-12(14-2,11(13)15)8-3-4-9-16-10-6-5-7-10/h10,14H,3-9H2,1-2H3,(H2,13,15). The van der Waals surface area contributed by atoms with Crippen LogP contribution in [0.5, 0.6) is 0 Å². The van der Waals surface area contributed by atoms with Gasteiger partial charge in [0, 0.05) is 6.61 Å². The van der Waals surface area contributed by atoms with Crippen LogP contribution in [0, 0.1) is 0 Å². The predicted molar refractivity (Wildman–Crippen MR) is 64.1 cm³/mol. The summed E-state index contributed by atoms with van der Waals surface area (Å²) in [6.45, 7) is 2.66. The molecule has 1 aliphatic rings. The zero-order chi connectivity index (χ0) is 12.0. The molecule has 4 nitrogen and oxygen atoms in total. The van der Waals surface area contributed by atoms with Crippen molar-refractivity contribution in [2.75, 3.05) is 13.7 Å². The number of primary amides is 1. The van der Waals surface area contributed by atoms with Crippen molar-refractivity contribution in [1.82, 2.24) is 5.32 Å². The number of amides is 1. The molecule has 1 rings (SSSR count). The SMILES string of the molecule is CNC(C)(CCCCOC1CCC1)C(N)=O. The molecule has 94 valence electrons. The molecule has 0 radical (unpaired) electrons. The lowest BCUT2D eigenvalue weighted by molar-refractivity contribution is -0.124. The normalized spacial score (nSPS) is 20.1. The van der Waals surface area contributed by atoms with Gasteiger partial charge in [-0.05, 0) is 52.5 Å². The van der Waals surface area contributed by atoms with Gasteiger partial charge in [-0.15, -0.1) is 0 Å². The van der Waals surface area contributed by atoms with E-state index in [0.29, 0.717) is 6.10 Å². The summed E-state index contributed by atoms with van der Waals surface area (Å²) in [4.78, 5) is 11.2. The summed E-state index contributed by atoms with van der Waals surface area (Å²) < 4.78 is 5.65. The van der Waals surface area contributed by atoms with Crippen molar-refractivity contribution in [2.24, 2.45) is 5.73 Å². The quantitative estimate of drug-likeness (QED) is 0.613.